The van der Waals surface area contributed by atoms with Gasteiger partial charge in [0, 0.05) is 0 Å². The van der Waals surface area contributed by atoms with E-state index in [4.69, 9.17) is 9.78 Å². The van der Waals surface area contributed by atoms with E-state index in [0.29, 0.717) is 11.7 Å². The van der Waals surface area contributed by atoms with Crippen molar-refractivity contribution in [3.8, 4) is 0 Å². The van der Waals surface area contributed by atoms with Crippen molar-refractivity contribution in [1.82, 2.24) is 0 Å². The molecule has 1 aromatic rings. The van der Waals surface area contributed by atoms with E-state index in [-0.39, 0.29) is 0 Å². The van der Waals surface area contributed by atoms with Gasteiger partial charge in [0.2, 0.25) is 0 Å². The van der Waals surface area contributed by atoms with Gasteiger partial charge in [-0.3, -0.25) is 4.89 Å². The number of benzene rings is 1. The smallest absolute Gasteiger partial charge is 0.292 e. The van der Waals surface area contributed by atoms with Crippen molar-refractivity contribution in [1.29, 1.82) is 0 Å². The van der Waals surface area contributed by atoms with Crippen LogP contribution in [0.5, 0.6) is 0 Å². The minimum atomic E-state index is -0.449. The Kier molecular flexibility index (Phi) is 7.97. The third-order valence-corrected chi connectivity index (χ3v) is 3.27. The summed E-state index contributed by atoms with van der Waals surface area (Å²) < 4.78 is 0. The summed E-state index contributed by atoms with van der Waals surface area (Å²) in [5.41, 5.74) is 1.78. The van der Waals surface area contributed by atoms with E-state index < -0.39 is 5.97 Å². The molecule has 3 heteroatoms. The molecule has 0 saturated carbocycles. The van der Waals surface area contributed by atoms with Crippen LogP contribution in [0, 0.1) is 6.10 Å². The molecule has 3 nitrogen and oxygen atoms in total. The van der Waals surface area contributed by atoms with E-state index >= 15 is 0 Å². The maximum atomic E-state index is 11.7. The minimum Gasteiger partial charge on any atom is -0.292 e. The molecule has 1 rings (SSSR count). The molecular weight excluding hydrogens is 252 g/mol. The van der Waals surface area contributed by atoms with Crippen LogP contribution in [0.1, 0.15) is 68.8 Å². The van der Waals surface area contributed by atoms with Gasteiger partial charge in [-0.2, -0.15) is 4.89 Å². The summed E-state index contributed by atoms with van der Waals surface area (Å²) in [6, 6.07) is 7.56. The zero-order valence-electron chi connectivity index (χ0n) is 12.8. The van der Waals surface area contributed by atoms with Gasteiger partial charge in [-0.05, 0) is 43.9 Å². The van der Waals surface area contributed by atoms with Crippen LogP contribution in [0.4, 0.5) is 0 Å². The van der Waals surface area contributed by atoms with Gasteiger partial charge >= 0.3 is 5.97 Å². The van der Waals surface area contributed by atoms with Crippen LogP contribution in [0.15, 0.2) is 24.3 Å². The van der Waals surface area contributed by atoms with Gasteiger partial charge in [-0.15, -0.1) is 0 Å². The molecule has 0 aromatic heterocycles. The highest BCUT2D eigenvalue weighted by Crippen LogP contribution is 2.12. The molecule has 0 saturated heterocycles. The third-order valence-electron chi connectivity index (χ3n) is 3.27. The molecule has 0 amide bonds. The van der Waals surface area contributed by atoms with Gasteiger partial charge in [0.1, 0.15) is 6.10 Å². The van der Waals surface area contributed by atoms with Gasteiger partial charge in [0.05, 0.1) is 5.56 Å². The van der Waals surface area contributed by atoms with Crippen LogP contribution >= 0.6 is 0 Å². The summed E-state index contributed by atoms with van der Waals surface area (Å²) >= 11 is 0. The van der Waals surface area contributed by atoms with E-state index in [9.17, 15) is 4.79 Å². The van der Waals surface area contributed by atoms with Crippen molar-refractivity contribution in [3.05, 3.63) is 41.5 Å². The number of aryl methyl sites for hydroxylation is 1. The number of unbranched alkanes of at least 4 members (excludes halogenated alkanes) is 3. The highest BCUT2D eigenvalue weighted by molar-refractivity contribution is 5.88. The maximum Gasteiger partial charge on any atom is 0.373 e. The van der Waals surface area contributed by atoms with E-state index in [1.54, 1.807) is 19.1 Å². The summed E-state index contributed by atoms with van der Waals surface area (Å²) in [4.78, 5) is 21.4. The Morgan fingerprint density at radius 1 is 1.00 bits per heavy atom. The van der Waals surface area contributed by atoms with Crippen molar-refractivity contribution < 1.29 is 14.6 Å². The lowest BCUT2D eigenvalue weighted by Crippen LogP contribution is -2.08. The van der Waals surface area contributed by atoms with Crippen LogP contribution in [0.2, 0.25) is 0 Å². The average molecular weight is 277 g/mol. The molecule has 0 N–H and O–H groups in total. The molecule has 0 unspecified atom stereocenters. The predicted molar refractivity (Wildman–Crippen MR) is 80.0 cm³/mol. The Bertz CT molecular complexity index is 384. The van der Waals surface area contributed by atoms with Crippen molar-refractivity contribution in [2.75, 3.05) is 0 Å². The number of carbonyl (C=O) groups is 1. The fourth-order valence-electron chi connectivity index (χ4n) is 1.78. The normalized spacial score (nSPS) is 10.8. The molecule has 0 aliphatic carbocycles. The summed E-state index contributed by atoms with van der Waals surface area (Å²) in [5.74, 6) is -0.449. The first-order chi connectivity index (χ1) is 9.67. The lowest BCUT2D eigenvalue weighted by atomic mass is 10.0. The number of carbonyl (C=O) groups excluding carboxylic acids is 1. The van der Waals surface area contributed by atoms with E-state index in [1.807, 2.05) is 19.1 Å². The fraction of sp³-hybridized carbons (Fsp3) is 0.529. The van der Waals surface area contributed by atoms with Gasteiger partial charge in [-0.25, -0.2) is 4.79 Å². The zero-order valence-corrected chi connectivity index (χ0v) is 12.8. The quantitative estimate of drug-likeness (QED) is 0.367. The first-order valence-electron chi connectivity index (χ1n) is 7.47. The molecule has 1 aromatic carbocycles. The average Bonchev–Trinajstić information content (AvgIpc) is 2.49. The minimum absolute atomic E-state index is 0.449. The Morgan fingerprint density at radius 3 is 2.30 bits per heavy atom. The molecule has 0 aliphatic heterocycles. The van der Waals surface area contributed by atoms with E-state index in [0.717, 1.165) is 12.8 Å². The molecule has 0 bridgehead atoms. The summed E-state index contributed by atoms with van der Waals surface area (Å²) in [7, 11) is 0. The van der Waals surface area contributed by atoms with Crippen LogP contribution in [0.25, 0.3) is 0 Å². The van der Waals surface area contributed by atoms with Crippen molar-refractivity contribution >= 4 is 5.97 Å². The standard InChI is InChI=1S/C17H25O3/c1-4-6-7-8-9-15-10-12-16(13-11-15)17(18)20-19-14(3)5-2/h10-13H,4-9H2,1-3H3. The fourth-order valence-corrected chi connectivity index (χ4v) is 1.78. The van der Waals surface area contributed by atoms with Crippen molar-refractivity contribution in [2.45, 2.75) is 59.3 Å². The molecule has 0 fully saturated rings. The second kappa shape index (κ2) is 9.54. The van der Waals surface area contributed by atoms with Crippen LogP contribution in [-0.4, -0.2) is 5.97 Å². The second-order valence-corrected chi connectivity index (χ2v) is 5.02. The SMILES string of the molecule is CCCCCCc1ccc(C(=O)OO[C](C)CC)cc1. The molecule has 0 spiro atoms. The Labute approximate surface area is 122 Å². The summed E-state index contributed by atoms with van der Waals surface area (Å²) in [6.45, 7) is 5.93. The highest BCUT2D eigenvalue weighted by Gasteiger charge is 2.10. The van der Waals surface area contributed by atoms with Crippen molar-refractivity contribution in [2.24, 2.45) is 0 Å². The molecular formula is C17H25O3. The van der Waals surface area contributed by atoms with E-state index in [2.05, 4.69) is 6.92 Å². The Morgan fingerprint density at radius 2 is 1.70 bits per heavy atom. The maximum absolute atomic E-state index is 11.7. The zero-order chi connectivity index (χ0) is 14.8. The molecule has 0 heterocycles. The number of hydrogen-bond donors (Lipinski definition) is 0. The molecule has 20 heavy (non-hydrogen) atoms. The first-order valence-corrected chi connectivity index (χ1v) is 7.47. The third kappa shape index (κ3) is 6.20. The summed E-state index contributed by atoms with van der Waals surface area (Å²) in [6.07, 6.45) is 7.48. The van der Waals surface area contributed by atoms with Crippen LogP contribution < -0.4 is 0 Å². The topological polar surface area (TPSA) is 35.5 Å². The van der Waals surface area contributed by atoms with Crippen molar-refractivity contribution in [3.63, 3.8) is 0 Å². The predicted octanol–water partition coefficient (Wildman–Crippen LogP) is 4.86. The number of hydrogen-bond acceptors (Lipinski definition) is 3. The van der Waals surface area contributed by atoms with Gasteiger partial charge < -0.3 is 0 Å². The second-order valence-electron chi connectivity index (χ2n) is 5.02. The van der Waals surface area contributed by atoms with Gasteiger partial charge in [0.15, 0.2) is 0 Å². The van der Waals surface area contributed by atoms with Crippen LogP contribution in [-0.2, 0) is 16.2 Å². The van der Waals surface area contributed by atoms with E-state index in [1.165, 1.54) is 31.2 Å². The van der Waals surface area contributed by atoms with Gasteiger partial charge in [-0.1, -0.05) is 45.2 Å². The van der Waals surface area contributed by atoms with Crippen LogP contribution in [0.3, 0.4) is 0 Å². The number of rotatable bonds is 9. The summed E-state index contributed by atoms with van der Waals surface area (Å²) in [5, 5.41) is 0. The molecule has 111 valence electrons. The molecule has 1 radical (unpaired) electrons. The highest BCUT2D eigenvalue weighted by atomic mass is 17.2. The molecule has 0 atom stereocenters. The largest absolute Gasteiger partial charge is 0.373 e. The Balaban J connectivity index is 2.39. The lowest BCUT2D eigenvalue weighted by Gasteiger charge is -2.08. The lowest BCUT2D eigenvalue weighted by molar-refractivity contribution is -0.232. The Hall–Kier alpha value is -1.35. The monoisotopic (exact) mass is 277 g/mol. The van der Waals surface area contributed by atoms with Gasteiger partial charge in [0.25, 0.3) is 0 Å². The molecule has 0 aliphatic rings. The first kappa shape index (κ1) is 16.7.